The minimum absolute atomic E-state index is 0.00324. The van der Waals surface area contributed by atoms with Gasteiger partial charge in [-0.25, -0.2) is 0 Å². The molecule has 1 aliphatic heterocycles. The summed E-state index contributed by atoms with van der Waals surface area (Å²) in [6.07, 6.45) is -4.56. The van der Waals surface area contributed by atoms with Crippen molar-refractivity contribution in [1.82, 2.24) is 10.2 Å². The Bertz CT molecular complexity index is 1300. The predicted octanol–water partition coefficient (Wildman–Crippen LogP) is 6.04. The number of benzene rings is 2. The fraction of sp³-hybridized carbons (Fsp3) is 0.407. The summed E-state index contributed by atoms with van der Waals surface area (Å²) in [5.41, 5.74) is -0.206. The van der Waals surface area contributed by atoms with Crippen molar-refractivity contribution >= 4 is 46.7 Å². The molecule has 0 saturated heterocycles. The van der Waals surface area contributed by atoms with E-state index >= 15 is 0 Å². The van der Waals surface area contributed by atoms with E-state index in [-0.39, 0.29) is 60.0 Å². The topological polar surface area (TPSA) is 99.1 Å². The first-order valence-corrected chi connectivity index (χ1v) is 13.1. The monoisotopic (exact) mass is 583 g/mol. The maximum absolute atomic E-state index is 13.8. The van der Waals surface area contributed by atoms with Crippen LogP contribution in [0, 0.1) is 5.92 Å². The summed E-state index contributed by atoms with van der Waals surface area (Å²) < 4.78 is 41.5. The minimum Gasteiger partial charge on any atom is -0.481 e. The van der Waals surface area contributed by atoms with Gasteiger partial charge in [-0.1, -0.05) is 35.3 Å². The van der Waals surface area contributed by atoms with Crippen LogP contribution < -0.4 is 5.32 Å². The first-order valence-electron chi connectivity index (χ1n) is 12.4. The highest BCUT2D eigenvalue weighted by Crippen LogP contribution is 2.49. The van der Waals surface area contributed by atoms with Gasteiger partial charge < -0.3 is 15.3 Å². The number of nitrogens with one attached hydrogen (secondary N) is 1. The van der Waals surface area contributed by atoms with Crippen LogP contribution in [-0.4, -0.2) is 51.9 Å². The Hall–Kier alpha value is -3.11. The van der Waals surface area contributed by atoms with Crippen LogP contribution in [0.15, 0.2) is 47.5 Å². The van der Waals surface area contributed by atoms with Crippen LogP contribution in [0.3, 0.4) is 0 Å². The summed E-state index contributed by atoms with van der Waals surface area (Å²) >= 11 is 12.3. The van der Waals surface area contributed by atoms with Gasteiger partial charge in [0, 0.05) is 34.1 Å². The lowest BCUT2D eigenvalue weighted by molar-refractivity contribution is -0.194. The number of aliphatic carboxylic acids is 1. The van der Waals surface area contributed by atoms with Crippen LogP contribution in [-0.2, 0) is 9.59 Å². The SMILES string of the molecule is C[C@H](c1ccc(C(=O)NCCC(=O)O)cc1)N1C(=O)C(c2cc(Cl)cc(Cl)c2)=NC12CCCC(C(F)(F)F)C2. The van der Waals surface area contributed by atoms with Gasteiger partial charge >= 0.3 is 12.1 Å². The Balaban J connectivity index is 1.67. The van der Waals surface area contributed by atoms with E-state index in [1.54, 1.807) is 19.1 Å². The van der Waals surface area contributed by atoms with Gasteiger partial charge in [0.15, 0.2) is 0 Å². The number of nitrogens with zero attached hydrogens (tertiary/aromatic N) is 2. The summed E-state index contributed by atoms with van der Waals surface area (Å²) in [7, 11) is 0. The second-order valence-electron chi connectivity index (χ2n) is 9.81. The number of halogens is 5. The lowest BCUT2D eigenvalue weighted by Gasteiger charge is -2.45. The number of hydrogen-bond donors (Lipinski definition) is 2. The van der Waals surface area contributed by atoms with Gasteiger partial charge in [0.2, 0.25) is 0 Å². The number of alkyl halides is 3. The second-order valence-corrected chi connectivity index (χ2v) is 10.7. The molecule has 1 aliphatic carbocycles. The molecule has 2 N–H and O–H groups in total. The highest BCUT2D eigenvalue weighted by molar-refractivity contribution is 6.47. The minimum atomic E-state index is -4.43. The van der Waals surface area contributed by atoms with Gasteiger partial charge in [0.1, 0.15) is 11.4 Å². The van der Waals surface area contributed by atoms with Crippen molar-refractivity contribution in [2.45, 2.75) is 56.9 Å². The summed E-state index contributed by atoms with van der Waals surface area (Å²) in [4.78, 5) is 42.9. The van der Waals surface area contributed by atoms with Gasteiger partial charge in [-0.2, -0.15) is 13.2 Å². The molecule has 0 aromatic heterocycles. The molecule has 2 aromatic rings. The largest absolute Gasteiger partial charge is 0.481 e. The number of hydrogen-bond acceptors (Lipinski definition) is 4. The molecule has 3 atom stereocenters. The lowest BCUT2D eigenvalue weighted by Crippen LogP contribution is -2.52. The third-order valence-electron chi connectivity index (χ3n) is 7.16. The Morgan fingerprint density at radius 2 is 1.82 bits per heavy atom. The van der Waals surface area contributed by atoms with Crippen molar-refractivity contribution in [1.29, 1.82) is 0 Å². The summed E-state index contributed by atoms with van der Waals surface area (Å²) in [5.74, 6) is -3.65. The molecular weight excluding hydrogens is 558 g/mol. The molecule has 1 heterocycles. The van der Waals surface area contributed by atoms with E-state index in [9.17, 15) is 27.6 Å². The lowest BCUT2D eigenvalue weighted by atomic mass is 9.79. The van der Waals surface area contributed by atoms with Crippen molar-refractivity contribution in [3.05, 3.63) is 69.2 Å². The van der Waals surface area contributed by atoms with E-state index in [2.05, 4.69) is 10.3 Å². The maximum atomic E-state index is 13.8. The molecule has 2 unspecified atom stereocenters. The molecular formula is C27H26Cl2F3N3O4. The fourth-order valence-corrected chi connectivity index (χ4v) is 5.83. The van der Waals surface area contributed by atoms with Crippen molar-refractivity contribution < 1.29 is 32.7 Å². The number of carboxylic acids is 1. The molecule has 1 spiro atoms. The first kappa shape index (κ1) is 28.9. The summed E-state index contributed by atoms with van der Waals surface area (Å²) in [6.45, 7) is 1.67. The van der Waals surface area contributed by atoms with E-state index < -0.39 is 41.6 Å². The van der Waals surface area contributed by atoms with Crippen LogP contribution in [0.4, 0.5) is 13.2 Å². The molecule has 2 amide bonds. The van der Waals surface area contributed by atoms with E-state index in [1.807, 2.05) is 0 Å². The molecule has 1 saturated carbocycles. The van der Waals surface area contributed by atoms with Crippen LogP contribution in [0.25, 0.3) is 0 Å². The summed E-state index contributed by atoms with van der Waals surface area (Å²) in [5, 5.41) is 11.8. The molecule has 7 nitrogen and oxygen atoms in total. The Labute approximate surface area is 233 Å². The Morgan fingerprint density at radius 3 is 2.41 bits per heavy atom. The predicted molar refractivity (Wildman–Crippen MR) is 140 cm³/mol. The smallest absolute Gasteiger partial charge is 0.391 e. The number of amides is 2. The van der Waals surface area contributed by atoms with Gasteiger partial charge in [-0.15, -0.1) is 0 Å². The molecule has 12 heteroatoms. The third-order valence-corrected chi connectivity index (χ3v) is 7.60. The average Bonchev–Trinajstić information content (AvgIpc) is 3.13. The van der Waals surface area contributed by atoms with Gasteiger partial charge in [-0.3, -0.25) is 19.4 Å². The number of rotatable bonds is 7. The highest BCUT2D eigenvalue weighted by Gasteiger charge is 2.56. The normalized spacial score (nSPS) is 22.1. The molecule has 2 aliphatic rings. The molecule has 2 aromatic carbocycles. The fourth-order valence-electron chi connectivity index (χ4n) is 5.30. The van der Waals surface area contributed by atoms with Gasteiger partial charge in [0.25, 0.3) is 11.8 Å². The quantitative estimate of drug-likeness (QED) is 0.415. The van der Waals surface area contributed by atoms with E-state index in [0.717, 1.165) is 0 Å². The molecule has 0 radical (unpaired) electrons. The molecule has 1 fully saturated rings. The zero-order valence-corrected chi connectivity index (χ0v) is 22.4. The Kier molecular flexibility index (Phi) is 8.28. The van der Waals surface area contributed by atoms with E-state index in [1.165, 1.54) is 35.2 Å². The first-order chi connectivity index (χ1) is 18.3. The van der Waals surface area contributed by atoms with Crippen LogP contribution in [0.1, 0.15) is 66.6 Å². The molecule has 0 bridgehead atoms. The van der Waals surface area contributed by atoms with Crippen molar-refractivity contribution in [2.75, 3.05) is 6.54 Å². The number of carbonyl (C=O) groups is 3. The van der Waals surface area contributed by atoms with Crippen LogP contribution in [0.2, 0.25) is 10.0 Å². The van der Waals surface area contributed by atoms with Crippen molar-refractivity contribution in [3.63, 3.8) is 0 Å². The number of carboxylic acid groups (broad SMARTS) is 1. The standard InChI is InChI=1S/C27H26Cl2F3N3O4/c1-15(16-4-6-17(7-5-16)24(38)33-10-8-22(36)37)35-25(39)23(18-11-20(28)13-21(29)12-18)34-26(35)9-2-3-19(14-26)27(30,31)32/h4-7,11-13,15,19H,2-3,8-10,14H2,1H3,(H,33,38)(H,36,37)/t15-,19?,26?/m1/s1. The number of carbonyl (C=O) groups excluding carboxylic acids is 2. The second kappa shape index (κ2) is 11.2. The Morgan fingerprint density at radius 1 is 1.18 bits per heavy atom. The maximum Gasteiger partial charge on any atom is 0.391 e. The summed E-state index contributed by atoms with van der Waals surface area (Å²) in [6, 6.07) is 10.1. The third kappa shape index (κ3) is 6.22. The highest BCUT2D eigenvalue weighted by atomic mass is 35.5. The van der Waals surface area contributed by atoms with E-state index in [0.29, 0.717) is 11.1 Å². The van der Waals surface area contributed by atoms with Gasteiger partial charge in [0.05, 0.1) is 18.4 Å². The van der Waals surface area contributed by atoms with Crippen LogP contribution in [0.5, 0.6) is 0 Å². The average molecular weight is 584 g/mol. The molecule has 39 heavy (non-hydrogen) atoms. The van der Waals surface area contributed by atoms with Gasteiger partial charge in [-0.05, 0) is 62.1 Å². The van der Waals surface area contributed by atoms with Crippen molar-refractivity contribution in [2.24, 2.45) is 10.9 Å². The van der Waals surface area contributed by atoms with Crippen LogP contribution >= 0.6 is 23.2 Å². The molecule has 208 valence electrons. The molecule has 4 rings (SSSR count). The number of aliphatic imine (C=N–C) groups is 1. The van der Waals surface area contributed by atoms with Crippen molar-refractivity contribution in [3.8, 4) is 0 Å². The zero-order valence-electron chi connectivity index (χ0n) is 20.9. The zero-order chi connectivity index (χ0) is 28.5. The van der Waals surface area contributed by atoms with E-state index in [4.69, 9.17) is 28.3 Å².